The highest BCUT2D eigenvalue weighted by molar-refractivity contribution is 6.10. The van der Waals surface area contributed by atoms with E-state index in [2.05, 4.69) is 13.8 Å². The molecule has 0 amide bonds. The van der Waals surface area contributed by atoms with E-state index in [0.717, 1.165) is 6.42 Å². The lowest BCUT2D eigenvalue weighted by atomic mass is 9.57. The third-order valence-corrected chi connectivity index (χ3v) is 8.33. The van der Waals surface area contributed by atoms with Gasteiger partial charge in [0.1, 0.15) is 11.4 Å². The Balaban J connectivity index is 1.85. The fraction of sp³-hybridized carbons (Fsp3) is 0.800. The lowest BCUT2D eigenvalue weighted by Crippen LogP contribution is -2.54. The second kappa shape index (κ2) is 3.73. The number of carbonyl (C=O) groups is 2. The summed E-state index contributed by atoms with van der Waals surface area (Å²) < 4.78 is 6.59. The molecule has 4 aliphatic carbocycles. The van der Waals surface area contributed by atoms with Gasteiger partial charge in [-0.1, -0.05) is 27.7 Å². The zero-order valence-corrected chi connectivity index (χ0v) is 15.1. The van der Waals surface area contributed by atoms with Crippen LogP contribution in [0.4, 0.5) is 0 Å². The fourth-order valence-electron chi connectivity index (χ4n) is 7.20. The highest BCUT2D eigenvalue weighted by Crippen LogP contribution is 2.81. The minimum atomic E-state index is -0.851. The van der Waals surface area contributed by atoms with Gasteiger partial charge in [0.15, 0.2) is 5.78 Å². The molecule has 2 spiro atoms. The Kier molecular flexibility index (Phi) is 2.37. The molecule has 5 rings (SSSR count). The van der Waals surface area contributed by atoms with Crippen LogP contribution in [-0.4, -0.2) is 34.0 Å². The van der Waals surface area contributed by atoms with E-state index in [9.17, 15) is 14.7 Å². The van der Waals surface area contributed by atoms with Crippen molar-refractivity contribution in [2.24, 2.45) is 34.5 Å². The van der Waals surface area contributed by atoms with Crippen LogP contribution in [0.15, 0.2) is 11.6 Å². The van der Waals surface area contributed by atoms with Crippen molar-refractivity contribution < 1.29 is 19.4 Å². The van der Waals surface area contributed by atoms with Crippen molar-refractivity contribution in [3.8, 4) is 0 Å². The number of aliphatic hydroxyl groups is 1. The molecule has 4 nitrogen and oxygen atoms in total. The zero-order valence-electron chi connectivity index (χ0n) is 15.1. The van der Waals surface area contributed by atoms with Crippen molar-refractivity contribution in [1.29, 1.82) is 0 Å². The molecule has 0 aromatic heterocycles. The minimum absolute atomic E-state index is 0.0729. The van der Waals surface area contributed by atoms with Gasteiger partial charge < -0.3 is 9.84 Å². The van der Waals surface area contributed by atoms with Crippen molar-refractivity contribution in [2.45, 2.75) is 64.8 Å². The van der Waals surface area contributed by atoms with Crippen molar-refractivity contribution in [1.82, 2.24) is 0 Å². The summed E-state index contributed by atoms with van der Waals surface area (Å²) >= 11 is 0. The number of ketones is 2. The molecule has 130 valence electrons. The van der Waals surface area contributed by atoms with Gasteiger partial charge in [0.25, 0.3) is 0 Å². The second-order valence-electron chi connectivity index (χ2n) is 9.78. The van der Waals surface area contributed by atoms with Crippen molar-refractivity contribution in [3.05, 3.63) is 11.6 Å². The molecule has 4 fully saturated rings. The number of Topliss-reactive ketones (excluding diaryl/α,β-unsaturated/α-hetero) is 2. The van der Waals surface area contributed by atoms with Gasteiger partial charge in [0.05, 0.1) is 17.1 Å². The normalized spacial score (nSPS) is 59.6. The third-order valence-electron chi connectivity index (χ3n) is 8.33. The van der Waals surface area contributed by atoms with E-state index < -0.39 is 22.7 Å². The quantitative estimate of drug-likeness (QED) is 0.740. The average Bonchev–Trinajstić information content (AvgIpc) is 2.74. The Labute approximate surface area is 142 Å². The molecule has 1 heterocycles. The molecule has 0 unspecified atom stereocenters. The number of allylic oxidation sites excluding steroid dienone is 1. The number of hydrogen-bond acceptors (Lipinski definition) is 4. The molecular weight excluding hydrogens is 304 g/mol. The van der Waals surface area contributed by atoms with Crippen LogP contribution in [0, 0.1) is 34.5 Å². The van der Waals surface area contributed by atoms with Crippen LogP contribution in [-0.2, 0) is 14.3 Å². The summed E-state index contributed by atoms with van der Waals surface area (Å²) in [5.41, 5.74) is -1.60. The molecule has 1 aliphatic heterocycles. The summed E-state index contributed by atoms with van der Waals surface area (Å²) in [5.74, 6) is -0.0366. The summed E-state index contributed by atoms with van der Waals surface area (Å²) in [6.07, 6.45) is 2.42. The molecule has 1 N–H and O–H groups in total. The van der Waals surface area contributed by atoms with Gasteiger partial charge in [-0.25, -0.2) is 0 Å². The maximum atomic E-state index is 13.5. The molecule has 0 aromatic rings. The predicted octanol–water partition coefficient (Wildman–Crippen LogP) is 2.29. The Morgan fingerprint density at radius 2 is 1.83 bits per heavy atom. The number of ether oxygens (including phenoxy) is 1. The highest BCUT2D eigenvalue weighted by atomic mass is 16.6. The molecule has 1 saturated heterocycles. The number of fused-ring (bicyclic) bond motifs is 1. The molecule has 3 saturated carbocycles. The summed E-state index contributed by atoms with van der Waals surface area (Å²) in [7, 11) is 0. The number of hydrogen-bond donors (Lipinski definition) is 1. The first-order valence-corrected chi connectivity index (χ1v) is 9.24. The van der Waals surface area contributed by atoms with Crippen LogP contribution in [0.5, 0.6) is 0 Å². The molecule has 8 atom stereocenters. The molecule has 24 heavy (non-hydrogen) atoms. The molecule has 4 heteroatoms. The number of carbonyl (C=O) groups excluding carboxylic acids is 2. The number of aliphatic hydroxyl groups excluding tert-OH is 1. The molecule has 5 aliphatic rings. The van der Waals surface area contributed by atoms with E-state index in [1.54, 1.807) is 0 Å². The van der Waals surface area contributed by atoms with Crippen LogP contribution >= 0.6 is 0 Å². The molecule has 0 aromatic carbocycles. The fourth-order valence-corrected chi connectivity index (χ4v) is 7.20. The van der Waals surface area contributed by atoms with Gasteiger partial charge >= 0.3 is 0 Å². The topological polar surface area (TPSA) is 63.6 Å². The van der Waals surface area contributed by atoms with Crippen LogP contribution in [0.3, 0.4) is 0 Å². The van der Waals surface area contributed by atoms with E-state index in [-0.39, 0.29) is 40.7 Å². The Hall–Kier alpha value is -1.00. The van der Waals surface area contributed by atoms with Crippen LogP contribution in [0.2, 0.25) is 0 Å². The summed E-state index contributed by atoms with van der Waals surface area (Å²) in [5, 5.41) is 11.2. The van der Waals surface area contributed by atoms with Gasteiger partial charge in [-0.05, 0) is 31.8 Å². The van der Waals surface area contributed by atoms with E-state index in [4.69, 9.17) is 4.74 Å². The zero-order chi connectivity index (χ0) is 17.4. The van der Waals surface area contributed by atoms with Crippen LogP contribution < -0.4 is 0 Å². The summed E-state index contributed by atoms with van der Waals surface area (Å²) in [6, 6.07) is 0. The molecule has 0 radical (unpaired) electrons. The average molecular weight is 330 g/mol. The van der Waals surface area contributed by atoms with Gasteiger partial charge in [0.2, 0.25) is 0 Å². The second-order valence-corrected chi connectivity index (χ2v) is 9.78. The van der Waals surface area contributed by atoms with E-state index >= 15 is 0 Å². The number of rotatable bonds is 0. The maximum Gasteiger partial charge on any atom is 0.162 e. The van der Waals surface area contributed by atoms with Crippen molar-refractivity contribution in [3.63, 3.8) is 0 Å². The van der Waals surface area contributed by atoms with Crippen LogP contribution in [0.1, 0.15) is 47.5 Å². The predicted molar refractivity (Wildman–Crippen MR) is 87.1 cm³/mol. The van der Waals surface area contributed by atoms with Gasteiger partial charge in [-0.3, -0.25) is 9.59 Å². The smallest absolute Gasteiger partial charge is 0.162 e. The monoisotopic (exact) mass is 330 g/mol. The van der Waals surface area contributed by atoms with Gasteiger partial charge in [0, 0.05) is 28.7 Å². The lowest BCUT2D eigenvalue weighted by molar-refractivity contribution is -0.137. The Morgan fingerprint density at radius 3 is 2.50 bits per heavy atom. The largest absolute Gasteiger partial charge is 0.389 e. The summed E-state index contributed by atoms with van der Waals surface area (Å²) in [6.45, 7) is 10.2. The minimum Gasteiger partial charge on any atom is -0.389 e. The standard InChI is InChI=1S/C20H26O4/c1-9-6-12-17(3,4)20(12)14-16(23)18(5,24-20)8-11-13(21)10(2)7-19(11,14)15(9)22/h8-10,12,14,16,23H,6-7H2,1-5H3/t9-,10+,12+,14-,16+,18-,19+,20+/m1/s1. The first-order valence-electron chi connectivity index (χ1n) is 9.24. The third kappa shape index (κ3) is 1.19. The Morgan fingerprint density at radius 1 is 1.17 bits per heavy atom. The van der Waals surface area contributed by atoms with E-state index in [1.165, 1.54) is 0 Å². The highest BCUT2D eigenvalue weighted by Gasteiger charge is 2.88. The molecular formula is C20H26O4. The van der Waals surface area contributed by atoms with E-state index in [0.29, 0.717) is 12.0 Å². The van der Waals surface area contributed by atoms with Gasteiger partial charge in [-0.15, -0.1) is 0 Å². The first-order chi connectivity index (χ1) is 11.0. The molecule has 2 bridgehead atoms. The lowest BCUT2D eigenvalue weighted by Gasteiger charge is -2.43. The SMILES string of the molecule is C[C@@H]1C[C@H]2C(C)(C)[C@]23O[C@]2(C)C=C4C(=O)[C@@H](C)C[C@@]4(C1=O)[C@H]3[C@@H]2O. The van der Waals surface area contributed by atoms with Gasteiger partial charge in [-0.2, -0.15) is 0 Å². The summed E-state index contributed by atoms with van der Waals surface area (Å²) in [4.78, 5) is 26.4. The Bertz CT molecular complexity index is 736. The van der Waals surface area contributed by atoms with Crippen molar-refractivity contribution in [2.75, 3.05) is 0 Å². The van der Waals surface area contributed by atoms with Crippen LogP contribution in [0.25, 0.3) is 0 Å². The van der Waals surface area contributed by atoms with E-state index in [1.807, 2.05) is 26.8 Å². The maximum absolute atomic E-state index is 13.5. The van der Waals surface area contributed by atoms with Crippen molar-refractivity contribution >= 4 is 11.6 Å². The first kappa shape index (κ1) is 15.3.